The molecule has 0 aliphatic carbocycles. The first-order valence-electron chi connectivity index (χ1n) is 9.61. The molecule has 1 heterocycles. The molecule has 3 aromatic rings. The van der Waals surface area contributed by atoms with Gasteiger partial charge in [-0.2, -0.15) is 0 Å². The van der Waals surface area contributed by atoms with E-state index in [1.807, 2.05) is 13.0 Å². The summed E-state index contributed by atoms with van der Waals surface area (Å²) in [6.07, 6.45) is 9.12. The lowest BCUT2D eigenvalue weighted by Crippen LogP contribution is -1.96. The number of halogens is 1. The summed E-state index contributed by atoms with van der Waals surface area (Å²) in [7, 11) is -3.26. The highest BCUT2D eigenvalue weighted by Gasteiger charge is 2.16. The number of hydrogen-bond donors (Lipinski definition) is 0. The summed E-state index contributed by atoms with van der Waals surface area (Å²) in [5.41, 5.74) is 3.73. The third-order valence-corrected chi connectivity index (χ3v) is 6.83. The molecule has 0 fully saturated rings. The van der Waals surface area contributed by atoms with Crippen LogP contribution < -0.4 is 0 Å². The Morgan fingerprint density at radius 3 is 2.30 bits per heavy atom. The van der Waals surface area contributed by atoms with Gasteiger partial charge in [-0.3, -0.25) is 0 Å². The zero-order valence-corrected chi connectivity index (χ0v) is 18.9. The van der Waals surface area contributed by atoms with Gasteiger partial charge in [0.2, 0.25) is 0 Å². The van der Waals surface area contributed by atoms with E-state index in [0.29, 0.717) is 0 Å². The van der Waals surface area contributed by atoms with Gasteiger partial charge in [0.15, 0.2) is 9.84 Å². The lowest BCUT2D eigenvalue weighted by molar-refractivity contribution is 0.602. The Morgan fingerprint density at radius 1 is 1.07 bits per heavy atom. The topological polar surface area (TPSA) is 47.0 Å². The molecule has 0 bridgehead atoms. The van der Waals surface area contributed by atoms with Crippen molar-refractivity contribution in [3.05, 3.63) is 83.2 Å². The Morgan fingerprint density at radius 2 is 1.70 bits per heavy atom. The molecular weight excluding hydrogens is 417 g/mol. The van der Waals surface area contributed by atoms with Crippen LogP contribution in [0.1, 0.15) is 25.3 Å². The van der Waals surface area contributed by atoms with E-state index in [2.05, 4.69) is 19.1 Å². The Hall–Kier alpha value is -2.57. The van der Waals surface area contributed by atoms with Crippen LogP contribution in [0.4, 0.5) is 4.39 Å². The molecule has 0 atom stereocenters. The maximum absolute atomic E-state index is 13.4. The van der Waals surface area contributed by atoms with Crippen molar-refractivity contribution in [2.45, 2.75) is 31.6 Å². The average Bonchev–Trinajstić information content (AvgIpc) is 3.12. The minimum Gasteiger partial charge on any atom is -0.240 e. The number of rotatable bonds is 7. The van der Waals surface area contributed by atoms with E-state index >= 15 is 0 Å². The third kappa shape index (κ3) is 5.52. The van der Waals surface area contributed by atoms with Crippen molar-refractivity contribution < 1.29 is 12.8 Å². The van der Waals surface area contributed by atoms with E-state index in [1.165, 1.54) is 24.0 Å². The minimum absolute atomic E-state index is 0.280. The van der Waals surface area contributed by atoms with Crippen LogP contribution in [0.15, 0.2) is 77.2 Å². The van der Waals surface area contributed by atoms with E-state index in [0.717, 1.165) is 39.5 Å². The molecule has 2 aromatic carbocycles. The van der Waals surface area contributed by atoms with E-state index in [4.69, 9.17) is 4.98 Å². The first-order chi connectivity index (χ1) is 14.3. The van der Waals surface area contributed by atoms with Gasteiger partial charge in [-0.25, -0.2) is 17.8 Å². The Labute approximate surface area is 181 Å². The summed E-state index contributed by atoms with van der Waals surface area (Å²) in [6.45, 7) is 4.09. The van der Waals surface area contributed by atoms with Crippen LogP contribution in [0.2, 0.25) is 0 Å². The fourth-order valence-electron chi connectivity index (χ4n) is 3.01. The van der Waals surface area contributed by atoms with E-state index in [9.17, 15) is 12.8 Å². The zero-order valence-electron chi connectivity index (χ0n) is 17.2. The lowest BCUT2D eigenvalue weighted by Gasteiger charge is -2.04. The number of allylic oxidation sites excluding steroid dienone is 4. The second kappa shape index (κ2) is 9.49. The van der Waals surface area contributed by atoms with E-state index in [-0.39, 0.29) is 10.7 Å². The fraction of sp³-hybridized carbons (Fsp3) is 0.208. The molecule has 0 spiro atoms. The fourth-order valence-corrected chi connectivity index (χ4v) is 4.83. The molecule has 3 rings (SSSR count). The third-order valence-electron chi connectivity index (χ3n) is 4.60. The van der Waals surface area contributed by atoms with Crippen molar-refractivity contribution in [3.63, 3.8) is 0 Å². The molecule has 6 heteroatoms. The van der Waals surface area contributed by atoms with Gasteiger partial charge >= 0.3 is 0 Å². The largest absolute Gasteiger partial charge is 0.240 e. The van der Waals surface area contributed by atoms with Crippen molar-refractivity contribution in [1.29, 1.82) is 0 Å². The quantitative estimate of drug-likeness (QED) is 0.395. The van der Waals surface area contributed by atoms with Gasteiger partial charge in [-0.1, -0.05) is 35.9 Å². The molecule has 0 N–H and O–H groups in total. The molecular formula is C24H24FNO2S2. The van der Waals surface area contributed by atoms with Crippen molar-refractivity contribution >= 4 is 21.2 Å². The maximum Gasteiger partial charge on any atom is 0.175 e. The van der Waals surface area contributed by atoms with Crippen LogP contribution in [0, 0.1) is 5.82 Å². The van der Waals surface area contributed by atoms with Crippen LogP contribution in [-0.2, 0) is 16.3 Å². The molecule has 0 amide bonds. The molecule has 0 unspecified atom stereocenters. The molecule has 0 saturated carbocycles. The summed E-state index contributed by atoms with van der Waals surface area (Å²) in [6, 6.07) is 13.1. The second-order valence-electron chi connectivity index (χ2n) is 7.12. The zero-order chi connectivity index (χ0) is 21.7. The number of sulfone groups is 1. The van der Waals surface area contributed by atoms with Crippen molar-refractivity contribution in [2.24, 2.45) is 0 Å². The highest BCUT2D eigenvalue weighted by molar-refractivity contribution is 7.90. The molecule has 0 radical (unpaired) electrons. The lowest BCUT2D eigenvalue weighted by atomic mass is 10.1. The normalized spacial score (nSPS) is 12.6. The molecule has 0 saturated heterocycles. The van der Waals surface area contributed by atoms with Crippen molar-refractivity contribution in [3.8, 4) is 21.7 Å². The van der Waals surface area contributed by atoms with Gasteiger partial charge in [-0.05, 0) is 62.2 Å². The first kappa shape index (κ1) is 22.1. The number of thiazole rings is 1. The molecule has 3 nitrogen and oxygen atoms in total. The average molecular weight is 442 g/mol. The molecule has 0 aliphatic heterocycles. The summed E-state index contributed by atoms with van der Waals surface area (Å²) in [4.78, 5) is 6.07. The SMILES string of the molecule is C/C=C\C/C=C(/C)Cc1nc(-c2ccc(F)cc2)c(-c2ccc(S(C)(=O)=O)cc2)s1. The van der Waals surface area contributed by atoms with Gasteiger partial charge in [0.1, 0.15) is 5.82 Å². The number of benzene rings is 2. The van der Waals surface area contributed by atoms with Gasteiger partial charge < -0.3 is 0 Å². The van der Waals surface area contributed by atoms with Crippen LogP contribution >= 0.6 is 11.3 Å². The maximum atomic E-state index is 13.4. The number of nitrogens with zero attached hydrogens (tertiary/aromatic N) is 1. The predicted octanol–water partition coefficient (Wildman–Crippen LogP) is 6.47. The highest BCUT2D eigenvalue weighted by Crippen LogP contribution is 2.38. The second-order valence-corrected chi connectivity index (χ2v) is 10.2. The van der Waals surface area contributed by atoms with Crippen LogP contribution in [0.5, 0.6) is 0 Å². The van der Waals surface area contributed by atoms with Crippen LogP contribution in [0.3, 0.4) is 0 Å². The van der Waals surface area contributed by atoms with Gasteiger partial charge in [0, 0.05) is 18.2 Å². The monoisotopic (exact) mass is 441 g/mol. The highest BCUT2D eigenvalue weighted by atomic mass is 32.2. The minimum atomic E-state index is -3.26. The van der Waals surface area contributed by atoms with E-state index < -0.39 is 9.84 Å². The van der Waals surface area contributed by atoms with E-state index in [1.54, 1.807) is 47.7 Å². The predicted molar refractivity (Wildman–Crippen MR) is 123 cm³/mol. The van der Waals surface area contributed by atoms with Gasteiger partial charge in [0.05, 0.1) is 20.5 Å². The standard InChI is InChI=1S/C24H24FNO2S2/c1-4-5-6-7-17(2)16-22-26-23(18-8-12-20(25)13-9-18)24(29-22)19-10-14-21(15-11-19)30(3,27)28/h4-5,7-15H,6,16H2,1-3H3/b5-4-,17-7-. The molecule has 0 aliphatic rings. The Balaban J connectivity index is 2.02. The van der Waals surface area contributed by atoms with Gasteiger partial charge in [-0.15, -0.1) is 11.3 Å². The number of aromatic nitrogens is 1. The number of hydrogen-bond acceptors (Lipinski definition) is 4. The van der Waals surface area contributed by atoms with Gasteiger partial charge in [0.25, 0.3) is 0 Å². The summed E-state index contributed by atoms with van der Waals surface area (Å²) < 4.78 is 37.0. The van der Waals surface area contributed by atoms with Crippen LogP contribution in [-0.4, -0.2) is 19.7 Å². The molecule has 30 heavy (non-hydrogen) atoms. The Kier molecular flexibility index (Phi) is 7.00. The van der Waals surface area contributed by atoms with Crippen molar-refractivity contribution in [1.82, 2.24) is 4.98 Å². The summed E-state index contributed by atoms with van der Waals surface area (Å²) in [5.74, 6) is -0.295. The first-order valence-corrected chi connectivity index (χ1v) is 12.3. The molecule has 1 aromatic heterocycles. The van der Waals surface area contributed by atoms with Crippen molar-refractivity contribution in [2.75, 3.05) is 6.26 Å². The summed E-state index contributed by atoms with van der Waals surface area (Å²) >= 11 is 1.58. The molecule has 156 valence electrons. The smallest absolute Gasteiger partial charge is 0.175 e. The van der Waals surface area contributed by atoms with Crippen LogP contribution in [0.25, 0.3) is 21.7 Å². The summed E-state index contributed by atoms with van der Waals surface area (Å²) in [5, 5.41) is 0.964. The Bertz CT molecular complexity index is 1170.